The lowest BCUT2D eigenvalue weighted by molar-refractivity contribution is -0.142. The molecule has 5 nitrogen and oxygen atoms in total. The molecule has 110 valence electrons. The van der Waals surface area contributed by atoms with Crippen LogP contribution in [0.15, 0.2) is 12.1 Å². The van der Waals surface area contributed by atoms with E-state index in [0.717, 1.165) is 4.88 Å². The summed E-state index contributed by atoms with van der Waals surface area (Å²) in [5, 5.41) is 12.0. The van der Waals surface area contributed by atoms with Crippen LogP contribution in [0, 0.1) is 18.8 Å². The standard InChI is InChI=1S/C14H20N2O3S/c1-8-6-16(7-11(8)13(17)18)14(19)15-10(3)12-5-4-9(2)20-12/h4-5,8,10-11H,6-7H2,1-3H3,(H,15,19)(H,17,18). The number of hydrogen-bond acceptors (Lipinski definition) is 3. The summed E-state index contributed by atoms with van der Waals surface area (Å²) in [6, 6.07) is 3.80. The summed E-state index contributed by atoms with van der Waals surface area (Å²) in [6.45, 7) is 6.63. The van der Waals surface area contributed by atoms with Crippen molar-refractivity contribution >= 4 is 23.3 Å². The van der Waals surface area contributed by atoms with Crippen LogP contribution in [0.25, 0.3) is 0 Å². The molecule has 0 aliphatic carbocycles. The zero-order chi connectivity index (χ0) is 14.9. The molecule has 3 unspecified atom stereocenters. The molecule has 1 saturated heterocycles. The van der Waals surface area contributed by atoms with E-state index in [1.807, 2.05) is 32.9 Å². The van der Waals surface area contributed by atoms with Crippen molar-refractivity contribution in [2.75, 3.05) is 13.1 Å². The second-order valence-corrected chi connectivity index (χ2v) is 6.77. The van der Waals surface area contributed by atoms with Crippen molar-refractivity contribution in [2.24, 2.45) is 11.8 Å². The molecular weight excluding hydrogens is 276 g/mol. The number of aliphatic carboxylic acids is 1. The number of nitrogens with one attached hydrogen (secondary N) is 1. The highest BCUT2D eigenvalue weighted by molar-refractivity contribution is 7.12. The van der Waals surface area contributed by atoms with Crippen LogP contribution in [-0.2, 0) is 4.79 Å². The minimum Gasteiger partial charge on any atom is -0.481 e. The summed E-state index contributed by atoms with van der Waals surface area (Å²) in [5.74, 6) is -1.28. The Morgan fingerprint density at radius 2 is 2.15 bits per heavy atom. The third-order valence-electron chi connectivity index (χ3n) is 3.74. The summed E-state index contributed by atoms with van der Waals surface area (Å²) >= 11 is 1.66. The molecule has 3 atom stereocenters. The van der Waals surface area contributed by atoms with Crippen LogP contribution < -0.4 is 5.32 Å². The fraction of sp³-hybridized carbons (Fsp3) is 0.571. The third kappa shape index (κ3) is 3.12. The van der Waals surface area contributed by atoms with Crippen LogP contribution in [0.3, 0.4) is 0 Å². The number of carboxylic acid groups (broad SMARTS) is 1. The van der Waals surface area contributed by atoms with E-state index in [9.17, 15) is 9.59 Å². The van der Waals surface area contributed by atoms with Gasteiger partial charge in [0.1, 0.15) is 0 Å². The Hall–Kier alpha value is -1.56. The van der Waals surface area contributed by atoms with Gasteiger partial charge in [-0.15, -0.1) is 11.3 Å². The minimum atomic E-state index is -0.824. The summed E-state index contributed by atoms with van der Waals surface area (Å²) in [5.41, 5.74) is 0. The summed E-state index contributed by atoms with van der Waals surface area (Å²) in [6.07, 6.45) is 0. The first-order valence-corrected chi connectivity index (χ1v) is 7.54. The Morgan fingerprint density at radius 1 is 1.45 bits per heavy atom. The number of carbonyl (C=O) groups is 2. The first-order valence-electron chi connectivity index (χ1n) is 6.73. The number of amides is 2. The van der Waals surface area contributed by atoms with Gasteiger partial charge in [-0.05, 0) is 31.9 Å². The number of thiophene rings is 1. The smallest absolute Gasteiger partial charge is 0.317 e. The van der Waals surface area contributed by atoms with Gasteiger partial charge in [0, 0.05) is 22.8 Å². The zero-order valence-electron chi connectivity index (χ0n) is 11.9. The summed E-state index contributed by atoms with van der Waals surface area (Å²) in [4.78, 5) is 27.2. The molecule has 0 aromatic carbocycles. The number of carboxylic acids is 1. The average molecular weight is 296 g/mol. The lowest BCUT2D eigenvalue weighted by Crippen LogP contribution is -2.40. The van der Waals surface area contributed by atoms with Crippen molar-refractivity contribution in [3.05, 3.63) is 21.9 Å². The second kappa shape index (κ2) is 5.83. The predicted molar refractivity (Wildman–Crippen MR) is 77.9 cm³/mol. The lowest BCUT2D eigenvalue weighted by Gasteiger charge is -2.20. The van der Waals surface area contributed by atoms with Gasteiger partial charge in [0.05, 0.1) is 12.0 Å². The number of carbonyl (C=O) groups excluding carboxylic acids is 1. The Kier molecular flexibility index (Phi) is 4.32. The van der Waals surface area contributed by atoms with Crippen LogP contribution in [-0.4, -0.2) is 35.1 Å². The summed E-state index contributed by atoms with van der Waals surface area (Å²) < 4.78 is 0. The molecule has 1 fully saturated rings. The van der Waals surface area contributed by atoms with Crippen LogP contribution in [0.1, 0.15) is 29.6 Å². The van der Waals surface area contributed by atoms with Crippen LogP contribution in [0.5, 0.6) is 0 Å². The monoisotopic (exact) mass is 296 g/mol. The quantitative estimate of drug-likeness (QED) is 0.900. The Labute approximate surface area is 122 Å². The van der Waals surface area contributed by atoms with Crippen molar-refractivity contribution in [1.82, 2.24) is 10.2 Å². The van der Waals surface area contributed by atoms with Gasteiger partial charge in [0.25, 0.3) is 0 Å². The van der Waals surface area contributed by atoms with Crippen LogP contribution in [0.4, 0.5) is 4.79 Å². The van der Waals surface area contributed by atoms with Crippen LogP contribution >= 0.6 is 11.3 Å². The van der Waals surface area contributed by atoms with Gasteiger partial charge in [-0.2, -0.15) is 0 Å². The minimum absolute atomic E-state index is 0.00228. The van der Waals surface area contributed by atoms with Crippen molar-refractivity contribution < 1.29 is 14.7 Å². The van der Waals surface area contributed by atoms with E-state index in [0.29, 0.717) is 13.1 Å². The molecule has 2 heterocycles. The van der Waals surface area contributed by atoms with Gasteiger partial charge >= 0.3 is 12.0 Å². The maximum Gasteiger partial charge on any atom is 0.317 e. The molecule has 0 saturated carbocycles. The Bertz CT molecular complexity index is 514. The Balaban J connectivity index is 1.94. The number of hydrogen-bond donors (Lipinski definition) is 2. The van der Waals surface area contributed by atoms with Gasteiger partial charge in [-0.25, -0.2) is 4.79 Å². The molecule has 0 bridgehead atoms. The topological polar surface area (TPSA) is 69.6 Å². The normalized spacial score (nSPS) is 23.6. The van der Waals surface area contributed by atoms with Gasteiger partial charge in [0.2, 0.25) is 0 Å². The van der Waals surface area contributed by atoms with E-state index in [1.165, 1.54) is 4.88 Å². The van der Waals surface area contributed by atoms with E-state index in [4.69, 9.17) is 5.11 Å². The van der Waals surface area contributed by atoms with Gasteiger partial charge in [-0.1, -0.05) is 6.92 Å². The first-order chi connectivity index (χ1) is 9.38. The van der Waals surface area contributed by atoms with E-state index in [-0.39, 0.29) is 18.0 Å². The molecule has 2 amide bonds. The molecule has 20 heavy (non-hydrogen) atoms. The summed E-state index contributed by atoms with van der Waals surface area (Å²) in [7, 11) is 0. The predicted octanol–water partition coefficient (Wildman–Crippen LogP) is 2.48. The van der Waals surface area contributed by atoms with Crippen molar-refractivity contribution in [3.63, 3.8) is 0 Å². The highest BCUT2D eigenvalue weighted by atomic mass is 32.1. The molecule has 1 aliphatic rings. The van der Waals surface area contributed by atoms with E-state index in [1.54, 1.807) is 16.2 Å². The largest absolute Gasteiger partial charge is 0.481 e. The van der Waals surface area contributed by atoms with Crippen LogP contribution in [0.2, 0.25) is 0 Å². The third-order valence-corrected chi connectivity index (χ3v) is 4.93. The lowest BCUT2D eigenvalue weighted by atomic mass is 9.99. The number of aryl methyl sites for hydroxylation is 1. The number of nitrogens with zero attached hydrogens (tertiary/aromatic N) is 1. The van der Waals surface area contributed by atoms with E-state index >= 15 is 0 Å². The first kappa shape index (κ1) is 14.8. The van der Waals surface area contributed by atoms with Gasteiger partial charge in [0.15, 0.2) is 0 Å². The maximum absolute atomic E-state index is 12.2. The highest BCUT2D eigenvalue weighted by Crippen LogP contribution is 2.25. The highest BCUT2D eigenvalue weighted by Gasteiger charge is 2.37. The van der Waals surface area contributed by atoms with E-state index < -0.39 is 11.9 Å². The van der Waals surface area contributed by atoms with Crippen molar-refractivity contribution in [1.29, 1.82) is 0 Å². The van der Waals surface area contributed by atoms with Crippen molar-refractivity contribution in [3.8, 4) is 0 Å². The molecule has 1 aromatic heterocycles. The molecular formula is C14H20N2O3S. The molecule has 1 aromatic rings. The fourth-order valence-electron chi connectivity index (χ4n) is 2.49. The van der Waals surface area contributed by atoms with E-state index in [2.05, 4.69) is 5.32 Å². The molecule has 0 spiro atoms. The average Bonchev–Trinajstić information content (AvgIpc) is 2.95. The molecule has 2 N–H and O–H groups in total. The second-order valence-electron chi connectivity index (χ2n) is 5.45. The fourth-order valence-corrected chi connectivity index (χ4v) is 3.37. The molecule has 2 rings (SSSR count). The van der Waals surface area contributed by atoms with Gasteiger partial charge < -0.3 is 15.3 Å². The number of rotatable bonds is 3. The maximum atomic E-state index is 12.2. The number of likely N-dealkylation sites (tertiary alicyclic amines) is 1. The molecule has 1 aliphatic heterocycles. The Morgan fingerprint density at radius 3 is 2.65 bits per heavy atom. The number of urea groups is 1. The molecule has 0 radical (unpaired) electrons. The SMILES string of the molecule is Cc1ccc(C(C)NC(=O)N2CC(C)C(C(=O)O)C2)s1. The van der Waals surface area contributed by atoms with Crippen molar-refractivity contribution in [2.45, 2.75) is 26.8 Å². The zero-order valence-corrected chi connectivity index (χ0v) is 12.7. The van der Waals surface area contributed by atoms with Gasteiger partial charge in [-0.3, -0.25) is 4.79 Å². The molecule has 6 heteroatoms.